The molecule has 0 saturated heterocycles. The Kier molecular flexibility index (Phi) is 4.91. The van der Waals surface area contributed by atoms with Crippen molar-refractivity contribution in [2.24, 2.45) is 0 Å². The Morgan fingerprint density at radius 3 is 2.47 bits per heavy atom. The van der Waals surface area contributed by atoms with Crippen molar-refractivity contribution in [3.63, 3.8) is 0 Å². The van der Waals surface area contributed by atoms with Crippen LogP contribution < -0.4 is 0 Å². The predicted molar refractivity (Wildman–Crippen MR) is 58.8 cm³/mol. The summed E-state index contributed by atoms with van der Waals surface area (Å²) in [7, 11) is -1.10. The second-order valence-electron chi connectivity index (χ2n) is 3.42. The minimum absolute atomic E-state index is 0.148. The van der Waals surface area contributed by atoms with E-state index in [0.29, 0.717) is 17.3 Å². The molecular weight excluding hydrogens is 215 g/mol. The average molecular weight is 230 g/mol. The third-order valence-corrected chi connectivity index (χ3v) is 3.13. The maximum Gasteiger partial charge on any atom is 0.123 e. The molecule has 0 fully saturated rings. The molecule has 0 spiro atoms. The zero-order valence-corrected chi connectivity index (χ0v) is 9.72. The minimum atomic E-state index is -1.10. The van der Waals surface area contributed by atoms with Gasteiger partial charge in [-0.05, 0) is 38.1 Å². The van der Waals surface area contributed by atoms with Gasteiger partial charge in [0.25, 0.3) is 0 Å². The van der Waals surface area contributed by atoms with Crippen LogP contribution in [0.5, 0.6) is 0 Å². The van der Waals surface area contributed by atoms with Gasteiger partial charge in [-0.1, -0.05) is 0 Å². The number of ether oxygens (including phenoxy) is 1. The summed E-state index contributed by atoms with van der Waals surface area (Å²) in [6.45, 7) is 4.32. The smallest absolute Gasteiger partial charge is 0.123 e. The van der Waals surface area contributed by atoms with Crippen molar-refractivity contribution in [1.29, 1.82) is 0 Å². The Morgan fingerprint density at radius 1 is 1.33 bits per heavy atom. The first-order chi connectivity index (χ1) is 7.09. The first kappa shape index (κ1) is 12.3. The minimum Gasteiger partial charge on any atom is -0.378 e. The van der Waals surface area contributed by atoms with E-state index in [-0.39, 0.29) is 11.9 Å². The summed E-state index contributed by atoms with van der Waals surface area (Å²) in [5, 5.41) is 0. The van der Waals surface area contributed by atoms with Gasteiger partial charge in [-0.3, -0.25) is 4.21 Å². The maximum absolute atomic E-state index is 12.6. The zero-order chi connectivity index (χ0) is 11.3. The van der Waals surface area contributed by atoms with Crippen LogP contribution in [-0.4, -0.2) is 22.7 Å². The van der Waals surface area contributed by atoms with Crippen LogP contribution in [0.15, 0.2) is 29.2 Å². The quantitative estimate of drug-likeness (QED) is 0.776. The lowest BCUT2D eigenvalue weighted by Gasteiger charge is -2.06. The van der Waals surface area contributed by atoms with Crippen molar-refractivity contribution in [2.75, 3.05) is 12.4 Å². The molecule has 1 atom stereocenters. The van der Waals surface area contributed by atoms with E-state index in [4.69, 9.17) is 4.74 Å². The van der Waals surface area contributed by atoms with E-state index in [1.54, 1.807) is 12.1 Å². The predicted octanol–water partition coefficient (Wildman–Crippen LogP) is 2.36. The van der Waals surface area contributed by atoms with E-state index >= 15 is 0 Å². The van der Waals surface area contributed by atoms with Gasteiger partial charge in [-0.25, -0.2) is 4.39 Å². The van der Waals surface area contributed by atoms with Crippen LogP contribution in [0.3, 0.4) is 0 Å². The molecule has 0 aliphatic heterocycles. The van der Waals surface area contributed by atoms with Gasteiger partial charge in [0.15, 0.2) is 0 Å². The van der Waals surface area contributed by atoms with Crippen molar-refractivity contribution in [2.45, 2.75) is 24.8 Å². The summed E-state index contributed by atoms with van der Waals surface area (Å²) in [6, 6.07) is 5.72. The van der Waals surface area contributed by atoms with Gasteiger partial charge in [0.2, 0.25) is 0 Å². The summed E-state index contributed by atoms with van der Waals surface area (Å²) in [5.41, 5.74) is 0. The molecule has 15 heavy (non-hydrogen) atoms. The molecule has 0 bridgehead atoms. The highest BCUT2D eigenvalue weighted by atomic mass is 32.2. The first-order valence-corrected chi connectivity index (χ1v) is 6.17. The molecule has 0 saturated carbocycles. The fourth-order valence-corrected chi connectivity index (χ4v) is 1.99. The average Bonchev–Trinajstić information content (AvgIpc) is 2.18. The van der Waals surface area contributed by atoms with Crippen LogP contribution in [0.1, 0.15) is 13.8 Å². The second kappa shape index (κ2) is 5.98. The van der Waals surface area contributed by atoms with Crippen LogP contribution in [0.25, 0.3) is 0 Å². The second-order valence-corrected chi connectivity index (χ2v) is 4.99. The highest BCUT2D eigenvalue weighted by Gasteiger charge is 2.04. The zero-order valence-electron chi connectivity index (χ0n) is 8.90. The molecule has 0 heterocycles. The van der Waals surface area contributed by atoms with Crippen molar-refractivity contribution in [1.82, 2.24) is 0 Å². The largest absolute Gasteiger partial charge is 0.378 e. The van der Waals surface area contributed by atoms with E-state index in [1.807, 2.05) is 13.8 Å². The Balaban J connectivity index is 2.43. The van der Waals surface area contributed by atoms with Crippen LogP contribution in [-0.2, 0) is 15.5 Å². The summed E-state index contributed by atoms with van der Waals surface area (Å²) in [6.07, 6.45) is 0.148. The lowest BCUT2D eigenvalue weighted by atomic mass is 10.4. The molecule has 1 unspecified atom stereocenters. The Hall–Kier alpha value is -0.740. The third-order valence-electron chi connectivity index (χ3n) is 1.80. The van der Waals surface area contributed by atoms with Crippen molar-refractivity contribution < 1.29 is 13.3 Å². The topological polar surface area (TPSA) is 26.3 Å². The molecule has 0 aliphatic rings. The molecular formula is C11H15FO2S. The van der Waals surface area contributed by atoms with E-state index in [0.717, 1.165) is 0 Å². The van der Waals surface area contributed by atoms with Gasteiger partial charge in [0.1, 0.15) is 5.82 Å². The summed E-state index contributed by atoms with van der Waals surface area (Å²) in [5.74, 6) is 0.137. The third kappa shape index (κ3) is 4.53. The molecule has 84 valence electrons. The SMILES string of the molecule is CC(C)OCCS(=O)c1ccc(F)cc1. The van der Waals surface area contributed by atoms with Crippen LogP contribution in [0, 0.1) is 5.82 Å². The lowest BCUT2D eigenvalue weighted by molar-refractivity contribution is 0.0916. The standard InChI is InChI=1S/C11H15FO2S/c1-9(2)14-7-8-15(13)11-5-3-10(12)4-6-11/h3-6,9H,7-8H2,1-2H3. The van der Waals surface area contributed by atoms with Crippen molar-refractivity contribution in [3.05, 3.63) is 30.1 Å². The maximum atomic E-state index is 12.6. The number of rotatable bonds is 5. The molecule has 4 heteroatoms. The highest BCUT2D eigenvalue weighted by Crippen LogP contribution is 2.08. The highest BCUT2D eigenvalue weighted by molar-refractivity contribution is 7.85. The molecule has 1 aromatic rings. The molecule has 0 aliphatic carbocycles. The van der Waals surface area contributed by atoms with Crippen molar-refractivity contribution >= 4 is 10.8 Å². The normalized spacial score (nSPS) is 13.1. The van der Waals surface area contributed by atoms with Crippen LogP contribution in [0.2, 0.25) is 0 Å². The van der Waals surface area contributed by atoms with E-state index in [9.17, 15) is 8.60 Å². The van der Waals surface area contributed by atoms with Gasteiger partial charge in [-0.2, -0.15) is 0 Å². The van der Waals surface area contributed by atoms with Crippen LogP contribution in [0.4, 0.5) is 4.39 Å². The first-order valence-electron chi connectivity index (χ1n) is 4.85. The summed E-state index contributed by atoms with van der Waals surface area (Å²) in [4.78, 5) is 0.642. The van der Waals surface area contributed by atoms with Gasteiger partial charge in [0.05, 0.1) is 29.3 Å². The van der Waals surface area contributed by atoms with Gasteiger partial charge in [0, 0.05) is 4.90 Å². The molecule has 1 rings (SSSR count). The molecule has 1 aromatic carbocycles. The Morgan fingerprint density at radius 2 is 1.93 bits per heavy atom. The van der Waals surface area contributed by atoms with Crippen molar-refractivity contribution in [3.8, 4) is 0 Å². The molecule has 2 nitrogen and oxygen atoms in total. The molecule has 0 amide bonds. The fourth-order valence-electron chi connectivity index (χ4n) is 1.06. The van der Waals surface area contributed by atoms with Crippen LogP contribution >= 0.6 is 0 Å². The fraction of sp³-hybridized carbons (Fsp3) is 0.455. The number of benzene rings is 1. The molecule has 0 radical (unpaired) electrons. The Labute approximate surface area is 91.9 Å². The lowest BCUT2D eigenvalue weighted by Crippen LogP contribution is -2.10. The number of halogens is 1. The monoisotopic (exact) mass is 230 g/mol. The molecule has 0 aromatic heterocycles. The summed E-state index contributed by atoms with van der Waals surface area (Å²) >= 11 is 0. The Bertz CT molecular complexity index is 322. The van der Waals surface area contributed by atoms with E-state index in [1.165, 1.54) is 12.1 Å². The van der Waals surface area contributed by atoms with E-state index in [2.05, 4.69) is 0 Å². The van der Waals surface area contributed by atoms with Gasteiger partial charge < -0.3 is 4.74 Å². The number of hydrogen-bond donors (Lipinski definition) is 0. The summed E-state index contributed by atoms with van der Waals surface area (Å²) < 4.78 is 29.5. The van der Waals surface area contributed by atoms with Gasteiger partial charge >= 0.3 is 0 Å². The number of hydrogen-bond acceptors (Lipinski definition) is 2. The molecule has 0 N–H and O–H groups in total. The van der Waals surface area contributed by atoms with Gasteiger partial charge in [-0.15, -0.1) is 0 Å². The van der Waals surface area contributed by atoms with E-state index < -0.39 is 10.8 Å².